The Balaban J connectivity index is 2.20. The highest BCUT2D eigenvalue weighted by molar-refractivity contribution is 7.86. The first-order chi connectivity index (χ1) is 8.03. The second-order valence-corrected chi connectivity index (χ2v) is 6.57. The van der Waals surface area contributed by atoms with Crippen LogP contribution in [0, 0.1) is 5.41 Å². The summed E-state index contributed by atoms with van der Waals surface area (Å²) >= 11 is 0. The van der Waals surface area contributed by atoms with Crippen LogP contribution in [0.4, 0.5) is 0 Å². The number of hydrogen-bond donors (Lipinski definition) is 2. The van der Waals surface area contributed by atoms with Gasteiger partial charge in [-0.3, -0.25) is 5.41 Å². The van der Waals surface area contributed by atoms with Crippen molar-refractivity contribution in [2.75, 3.05) is 19.6 Å². The van der Waals surface area contributed by atoms with Crippen molar-refractivity contribution >= 4 is 16.0 Å². The average Bonchev–Trinajstić information content (AvgIpc) is 2.83. The van der Waals surface area contributed by atoms with Crippen LogP contribution in [-0.4, -0.2) is 48.5 Å². The van der Waals surface area contributed by atoms with Crippen LogP contribution in [0.5, 0.6) is 0 Å². The van der Waals surface area contributed by atoms with Crippen LogP contribution in [0.2, 0.25) is 0 Å². The van der Waals surface area contributed by atoms with Gasteiger partial charge in [0.1, 0.15) is 5.84 Å². The van der Waals surface area contributed by atoms with Crippen molar-refractivity contribution in [3.05, 3.63) is 0 Å². The molecule has 2 fully saturated rings. The van der Waals surface area contributed by atoms with Crippen LogP contribution in [0.25, 0.3) is 0 Å². The molecule has 2 aliphatic heterocycles. The SMILES string of the molecule is N=C(N)C1CCCCN1S(=O)(=O)N1CCCC1. The molecule has 6 nitrogen and oxygen atoms in total. The lowest BCUT2D eigenvalue weighted by Gasteiger charge is -2.36. The Morgan fingerprint density at radius 2 is 1.71 bits per heavy atom. The molecule has 17 heavy (non-hydrogen) atoms. The van der Waals surface area contributed by atoms with E-state index >= 15 is 0 Å². The zero-order valence-corrected chi connectivity index (χ0v) is 10.7. The number of nitrogens with two attached hydrogens (primary N) is 1. The molecule has 2 saturated heterocycles. The van der Waals surface area contributed by atoms with Crippen LogP contribution in [0.1, 0.15) is 32.1 Å². The summed E-state index contributed by atoms with van der Waals surface area (Å²) in [6.45, 7) is 1.69. The predicted octanol–water partition coefficient (Wildman–Crippen LogP) is 0.117. The van der Waals surface area contributed by atoms with Gasteiger partial charge in [-0.1, -0.05) is 6.42 Å². The van der Waals surface area contributed by atoms with E-state index < -0.39 is 16.3 Å². The molecule has 1 atom stereocenters. The average molecular weight is 260 g/mol. The van der Waals surface area contributed by atoms with Crippen molar-refractivity contribution in [1.29, 1.82) is 5.41 Å². The van der Waals surface area contributed by atoms with Crippen LogP contribution in [0.15, 0.2) is 0 Å². The quantitative estimate of drug-likeness (QED) is 0.557. The van der Waals surface area contributed by atoms with E-state index in [0.717, 1.165) is 25.7 Å². The fourth-order valence-corrected chi connectivity index (χ4v) is 4.48. The van der Waals surface area contributed by atoms with Crippen molar-refractivity contribution < 1.29 is 8.42 Å². The highest BCUT2D eigenvalue weighted by atomic mass is 32.2. The number of nitrogens with zero attached hydrogens (tertiary/aromatic N) is 2. The summed E-state index contributed by atoms with van der Waals surface area (Å²) in [6.07, 6.45) is 4.32. The topological polar surface area (TPSA) is 90.5 Å². The van der Waals surface area contributed by atoms with Gasteiger partial charge in [-0.2, -0.15) is 17.0 Å². The summed E-state index contributed by atoms with van der Waals surface area (Å²) in [6, 6.07) is -0.436. The first-order valence-electron chi connectivity index (χ1n) is 6.14. The molecule has 2 aliphatic rings. The Kier molecular flexibility index (Phi) is 3.70. The van der Waals surface area contributed by atoms with E-state index in [1.165, 1.54) is 8.61 Å². The zero-order chi connectivity index (χ0) is 12.5. The van der Waals surface area contributed by atoms with E-state index in [4.69, 9.17) is 11.1 Å². The van der Waals surface area contributed by atoms with Crippen molar-refractivity contribution in [1.82, 2.24) is 8.61 Å². The number of rotatable bonds is 3. The van der Waals surface area contributed by atoms with Crippen LogP contribution in [-0.2, 0) is 10.2 Å². The van der Waals surface area contributed by atoms with Gasteiger partial charge in [-0.25, -0.2) is 0 Å². The van der Waals surface area contributed by atoms with Gasteiger partial charge >= 0.3 is 0 Å². The maximum Gasteiger partial charge on any atom is 0.282 e. The number of amidine groups is 1. The van der Waals surface area contributed by atoms with Gasteiger partial charge in [-0.15, -0.1) is 0 Å². The number of hydrogen-bond acceptors (Lipinski definition) is 3. The molecule has 0 aliphatic carbocycles. The van der Waals surface area contributed by atoms with E-state index in [9.17, 15) is 8.42 Å². The van der Waals surface area contributed by atoms with Gasteiger partial charge in [0.15, 0.2) is 0 Å². The van der Waals surface area contributed by atoms with E-state index in [-0.39, 0.29) is 5.84 Å². The molecule has 1 unspecified atom stereocenters. The Bertz CT molecular complexity index is 389. The van der Waals surface area contributed by atoms with Gasteiger partial charge in [-0.05, 0) is 25.7 Å². The third-order valence-corrected chi connectivity index (χ3v) is 5.55. The van der Waals surface area contributed by atoms with Crippen molar-refractivity contribution in [3.63, 3.8) is 0 Å². The third-order valence-electron chi connectivity index (χ3n) is 3.50. The molecule has 3 N–H and O–H groups in total. The van der Waals surface area contributed by atoms with Crippen molar-refractivity contribution in [3.8, 4) is 0 Å². The minimum Gasteiger partial charge on any atom is -0.386 e. The fraction of sp³-hybridized carbons (Fsp3) is 0.900. The molecule has 0 aromatic carbocycles. The van der Waals surface area contributed by atoms with Gasteiger partial charge < -0.3 is 5.73 Å². The molecule has 2 rings (SSSR count). The van der Waals surface area contributed by atoms with E-state index in [1.807, 2.05) is 0 Å². The molecular weight excluding hydrogens is 240 g/mol. The molecule has 0 spiro atoms. The Morgan fingerprint density at radius 1 is 1.12 bits per heavy atom. The van der Waals surface area contributed by atoms with Crippen molar-refractivity contribution in [2.24, 2.45) is 5.73 Å². The normalized spacial score (nSPS) is 28.4. The maximum atomic E-state index is 12.4. The second-order valence-electron chi connectivity index (χ2n) is 4.69. The highest BCUT2D eigenvalue weighted by Gasteiger charge is 2.38. The first-order valence-corrected chi connectivity index (χ1v) is 7.54. The lowest BCUT2D eigenvalue weighted by molar-refractivity contribution is 0.280. The monoisotopic (exact) mass is 260 g/mol. The third kappa shape index (κ3) is 2.46. The van der Waals surface area contributed by atoms with E-state index in [0.29, 0.717) is 26.1 Å². The van der Waals surface area contributed by atoms with Gasteiger partial charge in [0.05, 0.1) is 6.04 Å². The molecule has 7 heteroatoms. The second kappa shape index (κ2) is 4.91. The summed E-state index contributed by atoms with van der Waals surface area (Å²) < 4.78 is 27.7. The Labute approximate surface area is 102 Å². The van der Waals surface area contributed by atoms with E-state index in [2.05, 4.69) is 0 Å². The molecular formula is C10H20N4O2S. The van der Waals surface area contributed by atoms with Gasteiger partial charge in [0, 0.05) is 19.6 Å². The minimum absolute atomic E-state index is 0.0347. The lowest BCUT2D eigenvalue weighted by atomic mass is 10.0. The first kappa shape index (κ1) is 12.8. The summed E-state index contributed by atoms with van der Waals surface area (Å²) in [7, 11) is -3.41. The Hall–Kier alpha value is -0.660. The summed E-state index contributed by atoms with van der Waals surface area (Å²) in [4.78, 5) is 0. The van der Waals surface area contributed by atoms with Crippen molar-refractivity contribution in [2.45, 2.75) is 38.1 Å². The summed E-state index contributed by atoms with van der Waals surface area (Å²) in [5.74, 6) is -0.0347. The van der Waals surface area contributed by atoms with Crippen LogP contribution in [0.3, 0.4) is 0 Å². The highest BCUT2D eigenvalue weighted by Crippen LogP contribution is 2.24. The maximum absolute atomic E-state index is 12.4. The molecule has 0 saturated carbocycles. The molecule has 0 aromatic rings. The molecule has 0 amide bonds. The fourth-order valence-electron chi connectivity index (χ4n) is 2.56. The van der Waals surface area contributed by atoms with Crippen LogP contribution >= 0.6 is 0 Å². The summed E-state index contributed by atoms with van der Waals surface area (Å²) in [5, 5.41) is 7.52. The standard InChI is InChI=1S/C10H20N4O2S/c11-10(12)9-5-1-2-8-14(9)17(15,16)13-6-3-4-7-13/h9H,1-8H2,(H3,11,12). The number of nitrogens with one attached hydrogen (secondary N) is 1. The smallest absolute Gasteiger partial charge is 0.282 e. The molecule has 0 radical (unpaired) electrons. The van der Waals surface area contributed by atoms with Crippen LogP contribution < -0.4 is 5.73 Å². The lowest BCUT2D eigenvalue weighted by Crippen LogP contribution is -2.54. The zero-order valence-electron chi connectivity index (χ0n) is 9.93. The molecule has 2 heterocycles. The van der Waals surface area contributed by atoms with Gasteiger partial charge in [0.2, 0.25) is 0 Å². The Morgan fingerprint density at radius 3 is 2.29 bits per heavy atom. The molecule has 98 valence electrons. The molecule has 0 bridgehead atoms. The number of piperidine rings is 1. The molecule has 0 aromatic heterocycles. The van der Waals surface area contributed by atoms with E-state index in [1.54, 1.807) is 0 Å². The predicted molar refractivity (Wildman–Crippen MR) is 66.0 cm³/mol. The van der Waals surface area contributed by atoms with Gasteiger partial charge in [0.25, 0.3) is 10.2 Å². The summed E-state index contributed by atoms with van der Waals surface area (Å²) in [5.41, 5.74) is 5.51. The minimum atomic E-state index is -3.41. The largest absolute Gasteiger partial charge is 0.386 e.